The third kappa shape index (κ3) is 4.22. The van der Waals surface area contributed by atoms with Crippen molar-refractivity contribution in [3.63, 3.8) is 0 Å². The zero-order chi connectivity index (χ0) is 7.44. The van der Waals surface area contributed by atoms with Crippen molar-refractivity contribution in [1.29, 1.82) is 0 Å². The Balaban J connectivity index is 3.77. The molecule has 0 aromatic heterocycles. The van der Waals surface area contributed by atoms with E-state index in [1.54, 1.807) is 0 Å². The van der Waals surface area contributed by atoms with Crippen LogP contribution in [-0.2, 0) is 0 Å². The Morgan fingerprint density at radius 3 is 1.89 bits per heavy atom. The van der Waals surface area contributed by atoms with Crippen LogP contribution in [-0.4, -0.2) is 11.2 Å². The van der Waals surface area contributed by atoms with E-state index in [-0.39, 0.29) is 6.10 Å². The maximum atomic E-state index is 8.94. The number of rotatable bonds is 2. The molecule has 1 nitrogen and oxygen atoms in total. The second kappa shape index (κ2) is 3.67. The minimum Gasteiger partial charge on any atom is -0.393 e. The SMILES string of the molecule is CC(C)=C(C)C[C@@H](C)O. The molecule has 0 aliphatic heterocycles. The average Bonchev–Trinajstić information content (AvgIpc) is 1.63. The van der Waals surface area contributed by atoms with Crippen molar-refractivity contribution in [3.8, 4) is 0 Å². The molecule has 0 saturated carbocycles. The van der Waals surface area contributed by atoms with Crippen LogP contribution >= 0.6 is 0 Å². The van der Waals surface area contributed by atoms with Crippen LogP contribution in [0, 0.1) is 0 Å². The summed E-state index contributed by atoms with van der Waals surface area (Å²) in [7, 11) is 0. The number of allylic oxidation sites excluding steroid dienone is 1. The molecule has 0 fully saturated rings. The molecule has 0 unspecified atom stereocenters. The summed E-state index contributed by atoms with van der Waals surface area (Å²) in [5, 5.41) is 8.94. The van der Waals surface area contributed by atoms with E-state index in [4.69, 9.17) is 5.11 Å². The molecule has 1 N–H and O–H groups in total. The standard InChI is InChI=1S/C8H16O/c1-6(2)7(3)5-8(4)9/h8-9H,5H2,1-4H3/t8-/m1/s1. The number of aliphatic hydroxyl groups is 1. The Kier molecular flexibility index (Phi) is 3.55. The van der Waals surface area contributed by atoms with Crippen molar-refractivity contribution in [2.24, 2.45) is 0 Å². The highest BCUT2D eigenvalue weighted by molar-refractivity contribution is 5.07. The van der Waals surface area contributed by atoms with Gasteiger partial charge in [0.05, 0.1) is 6.10 Å². The maximum absolute atomic E-state index is 8.94. The van der Waals surface area contributed by atoms with Gasteiger partial charge in [-0.2, -0.15) is 0 Å². The van der Waals surface area contributed by atoms with Gasteiger partial charge < -0.3 is 5.11 Å². The number of hydrogen-bond donors (Lipinski definition) is 1. The van der Waals surface area contributed by atoms with E-state index >= 15 is 0 Å². The van der Waals surface area contributed by atoms with E-state index in [1.807, 2.05) is 6.92 Å². The molecule has 0 radical (unpaired) electrons. The Bertz CT molecular complexity index is 108. The van der Waals surface area contributed by atoms with Crippen LogP contribution in [0.3, 0.4) is 0 Å². The quantitative estimate of drug-likeness (QED) is 0.565. The third-order valence-electron chi connectivity index (χ3n) is 1.46. The van der Waals surface area contributed by atoms with Gasteiger partial charge in [-0.3, -0.25) is 0 Å². The van der Waals surface area contributed by atoms with E-state index in [2.05, 4.69) is 20.8 Å². The van der Waals surface area contributed by atoms with Crippen molar-refractivity contribution >= 4 is 0 Å². The first-order valence-corrected chi connectivity index (χ1v) is 3.35. The molecule has 0 aliphatic rings. The van der Waals surface area contributed by atoms with Gasteiger partial charge in [0, 0.05) is 0 Å². The van der Waals surface area contributed by atoms with Crippen LogP contribution in [0.15, 0.2) is 11.1 Å². The van der Waals surface area contributed by atoms with Crippen LogP contribution in [0.4, 0.5) is 0 Å². The Labute approximate surface area is 57.4 Å². The predicted octanol–water partition coefficient (Wildman–Crippen LogP) is 2.11. The first-order valence-electron chi connectivity index (χ1n) is 3.35. The lowest BCUT2D eigenvalue weighted by molar-refractivity contribution is 0.195. The van der Waals surface area contributed by atoms with Crippen LogP contribution < -0.4 is 0 Å². The van der Waals surface area contributed by atoms with E-state index in [0.717, 1.165) is 6.42 Å². The highest BCUT2D eigenvalue weighted by Crippen LogP contribution is 2.08. The molecular weight excluding hydrogens is 112 g/mol. The zero-order valence-electron chi connectivity index (χ0n) is 6.73. The minimum absolute atomic E-state index is 0.195. The van der Waals surface area contributed by atoms with Crippen molar-refractivity contribution in [1.82, 2.24) is 0 Å². The van der Waals surface area contributed by atoms with E-state index in [0.29, 0.717) is 0 Å². The molecule has 54 valence electrons. The Morgan fingerprint density at radius 1 is 1.33 bits per heavy atom. The fourth-order valence-electron chi connectivity index (χ4n) is 0.647. The lowest BCUT2D eigenvalue weighted by Gasteiger charge is -2.05. The summed E-state index contributed by atoms with van der Waals surface area (Å²) >= 11 is 0. The van der Waals surface area contributed by atoms with Gasteiger partial charge in [0.25, 0.3) is 0 Å². The number of hydrogen-bond acceptors (Lipinski definition) is 1. The minimum atomic E-state index is -0.195. The van der Waals surface area contributed by atoms with E-state index in [1.165, 1.54) is 11.1 Å². The lowest BCUT2D eigenvalue weighted by Crippen LogP contribution is -2.00. The molecule has 0 bridgehead atoms. The van der Waals surface area contributed by atoms with Crippen molar-refractivity contribution in [2.75, 3.05) is 0 Å². The predicted molar refractivity (Wildman–Crippen MR) is 40.3 cm³/mol. The molecule has 0 rings (SSSR count). The Hall–Kier alpha value is -0.300. The number of aliphatic hydroxyl groups excluding tert-OH is 1. The summed E-state index contributed by atoms with van der Waals surface area (Å²) in [5.41, 5.74) is 2.61. The Morgan fingerprint density at radius 2 is 1.78 bits per heavy atom. The molecule has 0 aliphatic carbocycles. The monoisotopic (exact) mass is 128 g/mol. The van der Waals surface area contributed by atoms with Crippen LogP contribution in [0.25, 0.3) is 0 Å². The smallest absolute Gasteiger partial charge is 0.0549 e. The molecule has 0 heterocycles. The summed E-state index contributed by atoms with van der Waals surface area (Å²) in [4.78, 5) is 0. The summed E-state index contributed by atoms with van der Waals surface area (Å²) < 4.78 is 0. The molecule has 1 heteroatoms. The fraction of sp³-hybridized carbons (Fsp3) is 0.750. The second-order valence-electron chi connectivity index (χ2n) is 2.83. The molecule has 0 aromatic carbocycles. The molecule has 9 heavy (non-hydrogen) atoms. The van der Waals surface area contributed by atoms with Gasteiger partial charge in [0.1, 0.15) is 0 Å². The molecule has 1 atom stereocenters. The largest absolute Gasteiger partial charge is 0.393 e. The molecule has 0 spiro atoms. The van der Waals surface area contributed by atoms with E-state index in [9.17, 15) is 0 Å². The van der Waals surface area contributed by atoms with Crippen molar-refractivity contribution in [3.05, 3.63) is 11.1 Å². The van der Waals surface area contributed by atoms with Crippen LogP contribution in [0.5, 0.6) is 0 Å². The van der Waals surface area contributed by atoms with Gasteiger partial charge in [-0.15, -0.1) is 0 Å². The zero-order valence-corrected chi connectivity index (χ0v) is 6.73. The second-order valence-corrected chi connectivity index (χ2v) is 2.83. The van der Waals surface area contributed by atoms with Crippen molar-refractivity contribution in [2.45, 2.75) is 40.2 Å². The third-order valence-corrected chi connectivity index (χ3v) is 1.46. The summed E-state index contributed by atoms with van der Waals surface area (Å²) in [6, 6.07) is 0. The molecule has 0 aromatic rings. The highest BCUT2D eigenvalue weighted by atomic mass is 16.3. The molecular formula is C8H16O. The molecule has 0 amide bonds. The summed E-state index contributed by atoms with van der Waals surface area (Å²) in [5.74, 6) is 0. The van der Waals surface area contributed by atoms with Gasteiger partial charge in [0.15, 0.2) is 0 Å². The average molecular weight is 128 g/mol. The van der Waals surface area contributed by atoms with Gasteiger partial charge in [0.2, 0.25) is 0 Å². The topological polar surface area (TPSA) is 20.2 Å². The van der Waals surface area contributed by atoms with Crippen LogP contribution in [0.1, 0.15) is 34.1 Å². The van der Waals surface area contributed by atoms with Gasteiger partial charge in [-0.25, -0.2) is 0 Å². The normalized spacial score (nSPS) is 13.0. The van der Waals surface area contributed by atoms with Crippen molar-refractivity contribution < 1.29 is 5.11 Å². The van der Waals surface area contributed by atoms with Gasteiger partial charge >= 0.3 is 0 Å². The van der Waals surface area contributed by atoms with E-state index < -0.39 is 0 Å². The van der Waals surface area contributed by atoms with Gasteiger partial charge in [-0.1, -0.05) is 11.1 Å². The van der Waals surface area contributed by atoms with Crippen LogP contribution in [0.2, 0.25) is 0 Å². The first kappa shape index (κ1) is 8.70. The van der Waals surface area contributed by atoms with Gasteiger partial charge in [-0.05, 0) is 34.1 Å². The summed E-state index contributed by atoms with van der Waals surface area (Å²) in [6.45, 7) is 8.00. The lowest BCUT2D eigenvalue weighted by atomic mass is 10.1. The maximum Gasteiger partial charge on any atom is 0.0549 e. The molecule has 0 saturated heterocycles. The fourth-order valence-corrected chi connectivity index (χ4v) is 0.647. The summed E-state index contributed by atoms with van der Waals surface area (Å²) in [6.07, 6.45) is 0.613. The first-order chi connectivity index (χ1) is 4.04. The highest BCUT2D eigenvalue weighted by Gasteiger charge is 1.97.